The summed E-state index contributed by atoms with van der Waals surface area (Å²) < 4.78 is 0. The lowest BCUT2D eigenvalue weighted by Gasteiger charge is -2.10. The highest BCUT2D eigenvalue weighted by Crippen LogP contribution is 2.06. The van der Waals surface area contributed by atoms with Crippen LogP contribution >= 0.6 is 0 Å². The van der Waals surface area contributed by atoms with Gasteiger partial charge in [0.25, 0.3) is 5.91 Å². The van der Waals surface area contributed by atoms with Gasteiger partial charge in [0.1, 0.15) is 5.69 Å². The van der Waals surface area contributed by atoms with Gasteiger partial charge in [-0.2, -0.15) is 0 Å². The van der Waals surface area contributed by atoms with Crippen LogP contribution in [0, 0.1) is 6.92 Å². The molecule has 0 saturated carbocycles. The molecule has 0 aromatic carbocycles. The number of nitrogens with zero attached hydrogens (tertiary/aromatic N) is 3. The molecule has 0 bridgehead atoms. The van der Waals surface area contributed by atoms with Gasteiger partial charge >= 0.3 is 0 Å². The van der Waals surface area contributed by atoms with Crippen LogP contribution in [0.15, 0.2) is 30.6 Å². The number of hydrogen-bond donors (Lipinski definition) is 2. The van der Waals surface area contributed by atoms with E-state index in [0.717, 1.165) is 11.3 Å². The summed E-state index contributed by atoms with van der Waals surface area (Å²) >= 11 is 0. The van der Waals surface area contributed by atoms with Gasteiger partial charge in [0, 0.05) is 30.7 Å². The second-order valence-electron chi connectivity index (χ2n) is 5.06. The summed E-state index contributed by atoms with van der Waals surface area (Å²) in [7, 11) is 0. The smallest absolute Gasteiger partial charge is 0.270 e. The van der Waals surface area contributed by atoms with E-state index in [1.54, 1.807) is 18.5 Å². The monoisotopic (exact) mass is 285 g/mol. The molecular formula is C15H19N5O. The Bertz CT molecular complexity index is 613. The molecule has 0 saturated heterocycles. The summed E-state index contributed by atoms with van der Waals surface area (Å²) in [5.41, 5.74) is 2.10. The predicted molar refractivity (Wildman–Crippen MR) is 80.9 cm³/mol. The molecule has 0 radical (unpaired) electrons. The van der Waals surface area contributed by atoms with E-state index in [1.165, 1.54) is 0 Å². The number of carbonyl (C=O) groups excluding carboxylic acids is 1. The zero-order chi connectivity index (χ0) is 15.2. The Labute approximate surface area is 124 Å². The normalized spacial score (nSPS) is 10.5. The molecular weight excluding hydrogens is 266 g/mol. The van der Waals surface area contributed by atoms with Gasteiger partial charge in [0.2, 0.25) is 5.95 Å². The average molecular weight is 285 g/mol. The van der Waals surface area contributed by atoms with Crippen molar-refractivity contribution in [3.8, 4) is 0 Å². The number of pyridine rings is 1. The van der Waals surface area contributed by atoms with Crippen LogP contribution in [0.1, 0.15) is 35.6 Å². The minimum absolute atomic E-state index is 0.208. The maximum absolute atomic E-state index is 12.2. The SMILES string of the molecule is Cc1cc(C(=O)NCc2ccncc2)nc(NC(C)C)n1. The third-order valence-corrected chi connectivity index (χ3v) is 2.71. The number of rotatable bonds is 5. The fraction of sp³-hybridized carbons (Fsp3) is 0.333. The van der Waals surface area contributed by atoms with Gasteiger partial charge in [-0.3, -0.25) is 9.78 Å². The second kappa shape index (κ2) is 6.78. The lowest BCUT2D eigenvalue weighted by Crippen LogP contribution is -2.25. The molecule has 2 aromatic rings. The fourth-order valence-corrected chi connectivity index (χ4v) is 1.78. The average Bonchev–Trinajstić information content (AvgIpc) is 2.44. The minimum Gasteiger partial charge on any atom is -0.352 e. The first-order chi connectivity index (χ1) is 10.0. The van der Waals surface area contributed by atoms with E-state index < -0.39 is 0 Å². The second-order valence-corrected chi connectivity index (χ2v) is 5.06. The predicted octanol–water partition coefficient (Wildman–Crippen LogP) is 1.93. The number of carbonyl (C=O) groups is 1. The van der Waals surface area contributed by atoms with E-state index in [2.05, 4.69) is 25.6 Å². The molecule has 6 nitrogen and oxygen atoms in total. The summed E-state index contributed by atoms with van der Waals surface area (Å²) in [4.78, 5) is 24.6. The summed E-state index contributed by atoms with van der Waals surface area (Å²) in [6.45, 7) is 6.27. The zero-order valence-corrected chi connectivity index (χ0v) is 12.4. The van der Waals surface area contributed by atoms with Gasteiger partial charge in [-0.05, 0) is 44.5 Å². The molecule has 6 heteroatoms. The quantitative estimate of drug-likeness (QED) is 0.877. The lowest BCUT2D eigenvalue weighted by atomic mass is 10.2. The molecule has 21 heavy (non-hydrogen) atoms. The summed E-state index contributed by atoms with van der Waals surface area (Å²) in [6, 6.07) is 5.60. The third-order valence-electron chi connectivity index (χ3n) is 2.71. The van der Waals surface area contributed by atoms with Crippen molar-refractivity contribution in [2.75, 3.05) is 5.32 Å². The molecule has 2 aromatic heterocycles. The van der Waals surface area contributed by atoms with Crippen molar-refractivity contribution in [1.29, 1.82) is 0 Å². The highest BCUT2D eigenvalue weighted by atomic mass is 16.1. The molecule has 2 N–H and O–H groups in total. The Hall–Kier alpha value is -2.50. The topological polar surface area (TPSA) is 79.8 Å². The number of nitrogens with one attached hydrogen (secondary N) is 2. The van der Waals surface area contributed by atoms with Crippen molar-refractivity contribution in [3.05, 3.63) is 47.5 Å². The molecule has 0 aliphatic rings. The van der Waals surface area contributed by atoms with E-state index in [9.17, 15) is 4.79 Å². The van der Waals surface area contributed by atoms with E-state index in [-0.39, 0.29) is 11.9 Å². The van der Waals surface area contributed by atoms with Crippen LogP contribution in [-0.2, 0) is 6.54 Å². The van der Waals surface area contributed by atoms with Gasteiger partial charge in [0.05, 0.1) is 0 Å². The fourth-order valence-electron chi connectivity index (χ4n) is 1.78. The van der Waals surface area contributed by atoms with Crippen molar-refractivity contribution in [2.45, 2.75) is 33.4 Å². The van der Waals surface area contributed by atoms with E-state index in [1.807, 2.05) is 32.9 Å². The number of amides is 1. The molecule has 0 atom stereocenters. The maximum Gasteiger partial charge on any atom is 0.270 e. The van der Waals surface area contributed by atoms with Crippen molar-refractivity contribution in [1.82, 2.24) is 20.3 Å². The minimum atomic E-state index is -0.218. The highest BCUT2D eigenvalue weighted by molar-refractivity contribution is 5.92. The van der Waals surface area contributed by atoms with Crippen LogP contribution in [0.2, 0.25) is 0 Å². The number of hydrogen-bond acceptors (Lipinski definition) is 5. The molecule has 1 amide bonds. The first kappa shape index (κ1) is 14.9. The zero-order valence-electron chi connectivity index (χ0n) is 12.4. The summed E-state index contributed by atoms with van der Waals surface area (Å²) in [5, 5.41) is 5.94. The molecule has 0 spiro atoms. The molecule has 110 valence electrons. The van der Waals surface area contributed by atoms with Gasteiger partial charge in [-0.25, -0.2) is 9.97 Å². The standard InChI is InChI=1S/C15H19N5O/c1-10(2)18-15-19-11(3)8-13(20-15)14(21)17-9-12-4-6-16-7-5-12/h4-8,10H,9H2,1-3H3,(H,17,21)(H,18,19,20). The van der Waals surface area contributed by atoms with E-state index in [0.29, 0.717) is 18.2 Å². The Morgan fingerprint density at radius 2 is 1.95 bits per heavy atom. The largest absolute Gasteiger partial charge is 0.352 e. The van der Waals surface area contributed by atoms with Gasteiger partial charge in [0.15, 0.2) is 0 Å². The Morgan fingerprint density at radius 3 is 2.62 bits per heavy atom. The van der Waals surface area contributed by atoms with Crippen LogP contribution in [-0.4, -0.2) is 26.9 Å². The molecule has 0 unspecified atom stereocenters. The van der Waals surface area contributed by atoms with Crippen molar-refractivity contribution >= 4 is 11.9 Å². The number of anilines is 1. The first-order valence-corrected chi connectivity index (χ1v) is 6.84. The highest BCUT2D eigenvalue weighted by Gasteiger charge is 2.10. The number of aromatic nitrogens is 3. The third kappa shape index (κ3) is 4.52. The Balaban J connectivity index is 2.06. The maximum atomic E-state index is 12.2. The van der Waals surface area contributed by atoms with Crippen molar-refractivity contribution in [3.63, 3.8) is 0 Å². The summed E-state index contributed by atoms with van der Waals surface area (Å²) in [6.07, 6.45) is 3.39. The van der Waals surface area contributed by atoms with Crippen LogP contribution in [0.3, 0.4) is 0 Å². The lowest BCUT2D eigenvalue weighted by molar-refractivity contribution is 0.0945. The van der Waals surface area contributed by atoms with Gasteiger partial charge in [-0.1, -0.05) is 0 Å². The molecule has 0 fully saturated rings. The van der Waals surface area contributed by atoms with E-state index >= 15 is 0 Å². The van der Waals surface area contributed by atoms with Crippen LogP contribution in [0.4, 0.5) is 5.95 Å². The van der Waals surface area contributed by atoms with Crippen LogP contribution in [0.25, 0.3) is 0 Å². The molecule has 0 aliphatic heterocycles. The van der Waals surface area contributed by atoms with Crippen LogP contribution in [0.5, 0.6) is 0 Å². The number of aryl methyl sites for hydroxylation is 1. The van der Waals surface area contributed by atoms with E-state index in [4.69, 9.17) is 0 Å². The van der Waals surface area contributed by atoms with Gasteiger partial charge in [-0.15, -0.1) is 0 Å². The van der Waals surface area contributed by atoms with Gasteiger partial charge < -0.3 is 10.6 Å². The molecule has 0 aliphatic carbocycles. The molecule has 2 rings (SSSR count). The molecule has 2 heterocycles. The Morgan fingerprint density at radius 1 is 1.24 bits per heavy atom. The van der Waals surface area contributed by atoms with Crippen molar-refractivity contribution < 1.29 is 4.79 Å². The van der Waals surface area contributed by atoms with Crippen LogP contribution < -0.4 is 10.6 Å². The van der Waals surface area contributed by atoms with Crippen molar-refractivity contribution in [2.24, 2.45) is 0 Å². The summed E-state index contributed by atoms with van der Waals surface area (Å²) in [5.74, 6) is 0.253. The first-order valence-electron chi connectivity index (χ1n) is 6.84. The Kier molecular flexibility index (Phi) is 4.81.